The highest BCUT2D eigenvalue weighted by Crippen LogP contribution is 2.21. The van der Waals surface area contributed by atoms with E-state index in [2.05, 4.69) is 15.6 Å². The summed E-state index contributed by atoms with van der Waals surface area (Å²) in [5.74, 6) is 2.20. The maximum atomic E-state index is 10.5. The van der Waals surface area contributed by atoms with Crippen molar-refractivity contribution in [2.75, 3.05) is 40.5 Å². The van der Waals surface area contributed by atoms with Crippen molar-refractivity contribution in [1.82, 2.24) is 10.6 Å². The topological polar surface area (TPSA) is 84.3 Å². The maximum absolute atomic E-state index is 10.5. The fourth-order valence-corrected chi connectivity index (χ4v) is 2.80. The van der Waals surface area contributed by atoms with E-state index in [1.54, 1.807) is 14.2 Å². The predicted octanol–water partition coefficient (Wildman–Crippen LogP) is 2.82. The van der Waals surface area contributed by atoms with Gasteiger partial charge in [0.1, 0.15) is 18.1 Å². The molecule has 1 unspecified atom stereocenters. The predicted molar refractivity (Wildman–Crippen MR) is 119 cm³/mol. The molecule has 0 bridgehead atoms. The van der Waals surface area contributed by atoms with Crippen molar-refractivity contribution in [3.05, 3.63) is 59.2 Å². The van der Waals surface area contributed by atoms with Crippen LogP contribution >= 0.6 is 0 Å². The zero-order chi connectivity index (χ0) is 21.8. The van der Waals surface area contributed by atoms with Gasteiger partial charge in [-0.3, -0.25) is 0 Å². The summed E-state index contributed by atoms with van der Waals surface area (Å²) >= 11 is 0. The summed E-state index contributed by atoms with van der Waals surface area (Å²) < 4.78 is 16.1. The van der Waals surface area contributed by atoms with Crippen molar-refractivity contribution >= 4 is 5.96 Å². The number of guanidine groups is 1. The van der Waals surface area contributed by atoms with Crippen LogP contribution < -0.4 is 20.1 Å². The smallest absolute Gasteiger partial charge is 0.191 e. The van der Waals surface area contributed by atoms with Crippen LogP contribution in [0.5, 0.6) is 11.5 Å². The molecular weight excluding hydrogens is 382 g/mol. The first-order chi connectivity index (χ1) is 14.6. The Kier molecular flexibility index (Phi) is 9.97. The zero-order valence-corrected chi connectivity index (χ0v) is 18.3. The number of ether oxygens (including phenoxy) is 3. The third kappa shape index (κ3) is 7.57. The van der Waals surface area contributed by atoms with Gasteiger partial charge < -0.3 is 30.0 Å². The standard InChI is InChI=1S/C23H33N3O4/c1-5-24-23(26-16-21(27)18-8-10-20(29-4)11-9-18)25-15-19-7-6-17(2)14-22(19)30-13-12-28-3/h6-11,14,21,27H,5,12-13,15-16H2,1-4H3,(H2,24,25,26). The van der Waals surface area contributed by atoms with Crippen molar-refractivity contribution < 1.29 is 19.3 Å². The normalized spacial score (nSPS) is 12.4. The quantitative estimate of drug-likeness (QED) is 0.297. The molecule has 0 heterocycles. The number of rotatable bonds is 11. The SMILES string of the molecule is CCNC(=NCc1ccc(C)cc1OCCOC)NCC(O)c1ccc(OC)cc1. The number of aliphatic hydroxyl groups excluding tert-OH is 1. The number of nitrogens with one attached hydrogen (secondary N) is 2. The van der Waals surface area contributed by atoms with E-state index < -0.39 is 6.10 Å². The molecule has 164 valence electrons. The van der Waals surface area contributed by atoms with Crippen molar-refractivity contribution in [3.63, 3.8) is 0 Å². The fourth-order valence-electron chi connectivity index (χ4n) is 2.80. The van der Waals surface area contributed by atoms with E-state index in [1.165, 1.54) is 0 Å². The van der Waals surface area contributed by atoms with E-state index in [4.69, 9.17) is 14.2 Å². The minimum absolute atomic E-state index is 0.337. The molecule has 0 aliphatic carbocycles. The third-order valence-electron chi connectivity index (χ3n) is 4.48. The summed E-state index contributed by atoms with van der Waals surface area (Å²) in [7, 11) is 3.27. The first kappa shape index (κ1) is 23.5. The fraction of sp³-hybridized carbons (Fsp3) is 0.435. The molecule has 2 aromatic carbocycles. The van der Waals surface area contributed by atoms with Gasteiger partial charge in [-0.15, -0.1) is 0 Å². The summed E-state index contributed by atoms with van der Waals surface area (Å²) in [6.45, 7) is 6.56. The third-order valence-corrected chi connectivity index (χ3v) is 4.48. The number of hydrogen-bond acceptors (Lipinski definition) is 5. The molecule has 0 aliphatic rings. The second kappa shape index (κ2) is 12.7. The number of nitrogens with zero attached hydrogens (tertiary/aromatic N) is 1. The Morgan fingerprint density at radius 1 is 1.07 bits per heavy atom. The molecule has 7 heteroatoms. The van der Waals surface area contributed by atoms with E-state index in [-0.39, 0.29) is 0 Å². The summed E-state index contributed by atoms with van der Waals surface area (Å²) in [5.41, 5.74) is 2.93. The Morgan fingerprint density at radius 2 is 1.83 bits per heavy atom. The average molecular weight is 416 g/mol. The molecule has 0 radical (unpaired) electrons. The molecule has 0 aliphatic heterocycles. The minimum Gasteiger partial charge on any atom is -0.497 e. The molecule has 3 N–H and O–H groups in total. The maximum Gasteiger partial charge on any atom is 0.191 e. The Bertz CT molecular complexity index is 794. The van der Waals surface area contributed by atoms with Crippen molar-refractivity contribution in [2.24, 2.45) is 4.99 Å². The van der Waals surface area contributed by atoms with Crippen LogP contribution in [-0.4, -0.2) is 51.6 Å². The highest BCUT2D eigenvalue weighted by Gasteiger charge is 2.10. The molecule has 0 fully saturated rings. The highest BCUT2D eigenvalue weighted by atomic mass is 16.5. The first-order valence-electron chi connectivity index (χ1n) is 10.1. The second-order valence-electron chi connectivity index (χ2n) is 6.82. The molecule has 30 heavy (non-hydrogen) atoms. The van der Waals surface area contributed by atoms with Crippen LogP contribution in [0, 0.1) is 6.92 Å². The largest absolute Gasteiger partial charge is 0.497 e. The first-order valence-corrected chi connectivity index (χ1v) is 10.1. The Labute approximate surface area is 179 Å². The van der Waals surface area contributed by atoms with Gasteiger partial charge in [-0.2, -0.15) is 0 Å². The number of aryl methyl sites for hydroxylation is 1. The van der Waals surface area contributed by atoms with E-state index in [0.29, 0.717) is 32.3 Å². The molecule has 2 aromatic rings. The van der Waals surface area contributed by atoms with Crippen LogP contribution in [0.1, 0.15) is 29.7 Å². The number of methoxy groups -OCH3 is 2. The van der Waals surface area contributed by atoms with Crippen molar-refractivity contribution in [1.29, 1.82) is 0 Å². The molecule has 0 saturated heterocycles. The van der Waals surface area contributed by atoms with Gasteiger partial charge in [-0.1, -0.05) is 24.3 Å². The van der Waals surface area contributed by atoms with Crippen LogP contribution in [0.2, 0.25) is 0 Å². The number of benzene rings is 2. The van der Waals surface area contributed by atoms with Gasteiger partial charge in [0, 0.05) is 25.8 Å². The number of hydrogen-bond donors (Lipinski definition) is 3. The molecule has 2 rings (SSSR count). The summed E-state index contributed by atoms with van der Waals surface area (Å²) in [5, 5.41) is 16.9. The zero-order valence-electron chi connectivity index (χ0n) is 18.3. The van der Waals surface area contributed by atoms with Crippen LogP contribution in [0.4, 0.5) is 0 Å². The summed E-state index contributed by atoms with van der Waals surface area (Å²) in [6.07, 6.45) is -0.660. The molecule has 7 nitrogen and oxygen atoms in total. The van der Waals surface area contributed by atoms with Gasteiger partial charge >= 0.3 is 0 Å². The van der Waals surface area contributed by atoms with Crippen LogP contribution in [-0.2, 0) is 11.3 Å². The summed E-state index contributed by atoms with van der Waals surface area (Å²) in [4.78, 5) is 4.65. The lowest BCUT2D eigenvalue weighted by atomic mass is 10.1. The number of aliphatic hydroxyl groups is 1. The van der Waals surface area contributed by atoms with Gasteiger partial charge in [0.15, 0.2) is 5.96 Å². The molecule has 0 saturated carbocycles. The van der Waals surface area contributed by atoms with Gasteiger partial charge in [-0.25, -0.2) is 4.99 Å². The monoisotopic (exact) mass is 415 g/mol. The Hall–Kier alpha value is -2.77. The number of aliphatic imine (C=N–C) groups is 1. The van der Waals surface area contributed by atoms with Gasteiger partial charge in [0.25, 0.3) is 0 Å². The van der Waals surface area contributed by atoms with E-state index in [1.807, 2.05) is 56.3 Å². The van der Waals surface area contributed by atoms with Crippen LogP contribution in [0.25, 0.3) is 0 Å². The minimum atomic E-state index is -0.660. The van der Waals surface area contributed by atoms with Crippen LogP contribution in [0.15, 0.2) is 47.5 Å². The Balaban J connectivity index is 2.01. The van der Waals surface area contributed by atoms with Crippen LogP contribution in [0.3, 0.4) is 0 Å². The van der Waals surface area contributed by atoms with Gasteiger partial charge in [0.05, 0.1) is 26.4 Å². The lowest BCUT2D eigenvalue weighted by molar-refractivity contribution is 0.145. The highest BCUT2D eigenvalue weighted by molar-refractivity contribution is 5.79. The van der Waals surface area contributed by atoms with Gasteiger partial charge in [0.2, 0.25) is 0 Å². The van der Waals surface area contributed by atoms with E-state index in [0.717, 1.165) is 34.7 Å². The lowest BCUT2D eigenvalue weighted by Crippen LogP contribution is -2.39. The Morgan fingerprint density at radius 3 is 2.50 bits per heavy atom. The van der Waals surface area contributed by atoms with E-state index in [9.17, 15) is 5.11 Å². The lowest BCUT2D eigenvalue weighted by Gasteiger charge is -2.16. The summed E-state index contributed by atoms with van der Waals surface area (Å²) in [6, 6.07) is 13.4. The van der Waals surface area contributed by atoms with E-state index >= 15 is 0 Å². The molecule has 0 amide bonds. The van der Waals surface area contributed by atoms with Crippen molar-refractivity contribution in [2.45, 2.75) is 26.5 Å². The molecular formula is C23H33N3O4. The second-order valence-corrected chi connectivity index (χ2v) is 6.82. The molecule has 1 atom stereocenters. The molecule has 0 spiro atoms. The molecule has 0 aromatic heterocycles. The van der Waals surface area contributed by atoms with Crippen molar-refractivity contribution in [3.8, 4) is 11.5 Å². The average Bonchev–Trinajstić information content (AvgIpc) is 2.76. The van der Waals surface area contributed by atoms with Gasteiger partial charge in [-0.05, 0) is 43.2 Å².